The third-order valence-corrected chi connectivity index (χ3v) is 2.85. The number of benzene rings is 2. The Kier molecular flexibility index (Phi) is 4.70. The summed E-state index contributed by atoms with van der Waals surface area (Å²) in [7, 11) is 0. The van der Waals surface area contributed by atoms with E-state index in [1.165, 1.54) is 6.07 Å². The van der Waals surface area contributed by atoms with Crippen LogP contribution >= 0.6 is 11.6 Å². The average molecular weight is 266 g/mol. The van der Waals surface area contributed by atoms with Crippen LogP contribution in [0, 0.1) is 5.82 Å². The Hall–Kier alpha value is -1.42. The SMILES string of the molecule is Fc1cccc(Cl)c1CNOCc1ccccc1. The molecule has 0 fully saturated rings. The van der Waals surface area contributed by atoms with Gasteiger partial charge in [-0.3, -0.25) is 4.84 Å². The highest BCUT2D eigenvalue weighted by Crippen LogP contribution is 2.18. The van der Waals surface area contributed by atoms with Gasteiger partial charge < -0.3 is 0 Å². The molecule has 0 saturated carbocycles. The Morgan fingerprint density at radius 3 is 2.56 bits per heavy atom. The van der Waals surface area contributed by atoms with Crippen LogP contribution in [0.4, 0.5) is 4.39 Å². The normalized spacial score (nSPS) is 10.6. The third kappa shape index (κ3) is 3.53. The molecule has 0 aliphatic carbocycles. The summed E-state index contributed by atoms with van der Waals surface area (Å²) in [5.74, 6) is -0.335. The van der Waals surface area contributed by atoms with Crippen LogP contribution in [0.5, 0.6) is 0 Å². The van der Waals surface area contributed by atoms with Gasteiger partial charge in [-0.05, 0) is 17.7 Å². The first kappa shape index (κ1) is 13.0. The zero-order chi connectivity index (χ0) is 12.8. The van der Waals surface area contributed by atoms with Crippen molar-refractivity contribution in [2.24, 2.45) is 0 Å². The summed E-state index contributed by atoms with van der Waals surface area (Å²) in [6.07, 6.45) is 0. The van der Waals surface area contributed by atoms with Gasteiger partial charge in [-0.2, -0.15) is 5.48 Å². The molecule has 0 heterocycles. The number of hydroxylamine groups is 1. The van der Waals surface area contributed by atoms with E-state index < -0.39 is 0 Å². The van der Waals surface area contributed by atoms with Crippen LogP contribution in [0.15, 0.2) is 48.5 Å². The number of hydrogen-bond acceptors (Lipinski definition) is 2. The molecule has 0 aliphatic heterocycles. The second-order valence-corrected chi connectivity index (χ2v) is 4.20. The van der Waals surface area contributed by atoms with Crippen LogP contribution in [0.2, 0.25) is 5.02 Å². The van der Waals surface area contributed by atoms with Gasteiger partial charge in [0, 0.05) is 10.6 Å². The van der Waals surface area contributed by atoms with Gasteiger partial charge in [0.15, 0.2) is 0 Å². The number of halogens is 2. The van der Waals surface area contributed by atoms with E-state index in [-0.39, 0.29) is 12.4 Å². The maximum atomic E-state index is 13.4. The number of hydrogen-bond donors (Lipinski definition) is 1. The Morgan fingerprint density at radius 1 is 1.06 bits per heavy atom. The van der Waals surface area contributed by atoms with Gasteiger partial charge in [-0.25, -0.2) is 4.39 Å². The summed E-state index contributed by atoms with van der Waals surface area (Å²) in [5, 5.41) is 0.394. The predicted octanol–water partition coefficient (Wildman–Crippen LogP) is 3.70. The van der Waals surface area contributed by atoms with E-state index in [4.69, 9.17) is 16.4 Å². The molecule has 0 spiro atoms. The minimum Gasteiger partial charge on any atom is -0.297 e. The van der Waals surface area contributed by atoms with Crippen molar-refractivity contribution < 1.29 is 9.23 Å². The molecule has 2 aromatic carbocycles. The van der Waals surface area contributed by atoms with Crippen molar-refractivity contribution in [2.75, 3.05) is 0 Å². The van der Waals surface area contributed by atoms with Crippen molar-refractivity contribution in [2.45, 2.75) is 13.2 Å². The summed E-state index contributed by atoms with van der Waals surface area (Å²) in [5.41, 5.74) is 4.16. The van der Waals surface area contributed by atoms with E-state index in [0.29, 0.717) is 17.2 Å². The molecule has 1 N–H and O–H groups in total. The fraction of sp³-hybridized carbons (Fsp3) is 0.143. The highest BCUT2D eigenvalue weighted by Gasteiger charge is 2.05. The van der Waals surface area contributed by atoms with E-state index >= 15 is 0 Å². The van der Waals surface area contributed by atoms with Gasteiger partial charge in [0.2, 0.25) is 0 Å². The summed E-state index contributed by atoms with van der Waals surface area (Å²) < 4.78 is 13.4. The lowest BCUT2D eigenvalue weighted by molar-refractivity contribution is 0.0230. The highest BCUT2D eigenvalue weighted by molar-refractivity contribution is 6.31. The third-order valence-electron chi connectivity index (χ3n) is 2.49. The first-order chi connectivity index (χ1) is 8.77. The van der Waals surface area contributed by atoms with Crippen LogP contribution in [-0.2, 0) is 18.0 Å². The van der Waals surface area contributed by atoms with E-state index in [1.54, 1.807) is 12.1 Å². The smallest absolute Gasteiger partial charge is 0.129 e. The van der Waals surface area contributed by atoms with Gasteiger partial charge >= 0.3 is 0 Å². The molecule has 4 heteroatoms. The van der Waals surface area contributed by atoms with Gasteiger partial charge in [0.1, 0.15) is 5.82 Å². The first-order valence-electron chi connectivity index (χ1n) is 5.59. The second kappa shape index (κ2) is 6.50. The van der Waals surface area contributed by atoms with Crippen LogP contribution in [-0.4, -0.2) is 0 Å². The lowest BCUT2D eigenvalue weighted by Gasteiger charge is -2.08. The van der Waals surface area contributed by atoms with E-state index in [0.717, 1.165) is 5.56 Å². The molecule has 0 atom stereocenters. The van der Waals surface area contributed by atoms with Gasteiger partial charge in [-0.1, -0.05) is 48.0 Å². The van der Waals surface area contributed by atoms with Crippen molar-refractivity contribution in [3.63, 3.8) is 0 Å². The number of rotatable bonds is 5. The topological polar surface area (TPSA) is 21.3 Å². The minimum atomic E-state index is -0.335. The molecular formula is C14H13ClFNO. The fourth-order valence-corrected chi connectivity index (χ4v) is 1.76. The van der Waals surface area contributed by atoms with Crippen molar-refractivity contribution in [3.05, 3.63) is 70.5 Å². The maximum Gasteiger partial charge on any atom is 0.129 e. The molecule has 94 valence electrons. The fourth-order valence-electron chi connectivity index (χ4n) is 1.53. The van der Waals surface area contributed by atoms with Crippen molar-refractivity contribution in [3.8, 4) is 0 Å². The van der Waals surface area contributed by atoms with Crippen LogP contribution < -0.4 is 5.48 Å². The molecule has 0 saturated heterocycles. The Balaban J connectivity index is 1.82. The molecule has 0 amide bonds. The van der Waals surface area contributed by atoms with Crippen LogP contribution in [0.25, 0.3) is 0 Å². The zero-order valence-corrected chi connectivity index (χ0v) is 10.5. The lowest BCUT2D eigenvalue weighted by atomic mass is 10.2. The summed E-state index contributed by atoms with van der Waals surface area (Å²) >= 11 is 5.89. The Morgan fingerprint density at radius 2 is 1.83 bits per heavy atom. The van der Waals surface area contributed by atoms with Crippen LogP contribution in [0.3, 0.4) is 0 Å². The summed E-state index contributed by atoms with van der Waals surface area (Å²) in [4.78, 5) is 5.26. The standard InChI is InChI=1S/C14H13ClFNO/c15-13-7-4-8-14(16)12(13)9-17-18-10-11-5-2-1-3-6-11/h1-8,17H,9-10H2. The molecular weight excluding hydrogens is 253 g/mol. The minimum absolute atomic E-state index is 0.234. The van der Waals surface area contributed by atoms with Crippen molar-refractivity contribution in [1.82, 2.24) is 5.48 Å². The molecule has 2 aromatic rings. The van der Waals surface area contributed by atoms with Crippen molar-refractivity contribution in [1.29, 1.82) is 0 Å². The van der Waals surface area contributed by atoms with E-state index in [2.05, 4.69) is 5.48 Å². The van der Waals surface area contributed by atoms with Gasteiger partial charge in [0.25, 0.3) is 0 Å². The molecule has 2 nitrogen and oxygen atoms in total. The van der Waals surface area contributed by atoms with E-state index in [9.17, 15) is 4.39 Å². The first-order valence-corrected chi connectivity index (χ1v) is 5.96. The molecule has 18 heavy (non-hydrogen) atoms. The zero-order valence-electron chi connectivity index (χ0n) is 9.70. The Bertz CT molecular complexity index is 484. The molecule has 0 bridgehead atoms. The van der Waals surface area contributed by atoms with Gasteiger partial charge in [0.05, 0.1) is 13.2 Å². The summed E-state index contributed by atoms with van der Waals surface area (Å²) in [6.45, 7) is 0.658. The van der Waals surface area contributed by atoms with Crippen LogP contribution in [0.1, 0.15) is 11.1 Å². The molecule has 0 unspecified atom stereocenters. The monoisotopic (exact) mass is 265 g/mol. The molecule has 0 aromatic heterocycles. The lowest BCUT2D eigenvalue weighted by Crippen LogP contribution is -2.15. The quantitative estimate of drug-likeness (QED) is 0.657. The van der Waals surface area contributed by atoms with Gasteiger partial charge in [-0.15, -0.1) is 0 Å². The average Bonchev–Trinajstić information content (AvgIpc) is 2.38. The molecule has 2 rings (SSSR count). The van der Waals surface area contributed by atoms with Crippen molar-refractivity contribution >= 4 is 11.6 Å². The molecule has 0 radical (unpaired) electrons. The van der Waals surface area contributed by atoms with E-state index in [1.807, 2.05) is 30.3 Å². The summed E-state index contributed by atoms with van der Waals surface area (Å²) in [6, 6.07) is 14.3. The predicted molar refractivity (Wildman–Crippen MR) is 69.5 cm³/mol. The molecule has 0 aliphatic rings. The second-order valence-electron chi connectivity index (χ2n) is 3.80. The highest BCUT2D eigenvalue weighted by atomic mass is 35.5. The largest absolute Gasteiger partial charge is 0.297 e. The maximum absolute atomic E-state index is 13.4. The number of nitrogens with one attached hydrogen (secondary N) is 1. The Labute approximate surface area is 110 Å².